The molecule has 388 valence electrons. The first-order valence-corrected chi connectivity index (χ1v) is 27.9. The van der Waals surface area contributed by atoms with Crippen molar-refractivity contribution < 1.29 is 13.3 Å². The second-order valence-electron chi connectivity index (χ2n) is 22.1. The van der Waals surface area contributed by atoms with Crippen LogP contribution >= 0.6 is 0 Å². The lowest BCUT2D eigenvalue weighted by Gasteiger charge is -2.12. The van der Waals surface area contributed by atoms with Gasteiger partial charge in [-0.25, -0.2) is 4.98 Å². The number of furan rings is 3. The number of aryl methyl sites for hydroxylation is 3. The maximum absolute atomic E-state index is 6.79. The highest BCUT2D eigenvalue weighted by atomic mass is 16.3. The third-order valence-electron chi connectivity index (χ3n) is 17.3. The number of aromatic nitrogens is 4. The van der Waals surface area contributed by atoms with E-state index in [1.54, 1.807) is 0 Å². The third kappa shape index (κ3) is 6.62. The van der Waals surface area contributed by atoms with E-state index in [1.165, 1.54) is 54.6 Å². The minimum absolute atomic E-state index is 0.765. The van der Waals surface area contributed by atoms with Crippen molar-refractivity contribution in [3.8, 4) is 33.8 Å². The van der Waals surface area contributed by atoms with Crippen LogP contribution in [0.5, 0.6) is 0 Å². The number of para-hydroxylation sites is 3. The first-order valence-electron chi connectivity index (χ1n) is 27.9. The van der Waals surface area contributed by atoms with Crippen LogP contribution in [-0.2, 0) is 0 Å². The van der Waals surface area contributed by atoms with Gasteiger partial charge in [0.1, 0.15) is 28.1 Å². The van der Waals surface area contributed by atoms with Crippen molar-refractivity contribution in [2.45, 2.75) is 27.7 Å². The van der Waals surface area contributed by atoms with Gasteiger partial charge in [0.15, 0.2) is 11.4 Å². The number of hydrogen-bond donors (Lipinski definition) is 0. The van der Waals surface area contributed by atoms with Crippen molar-refractivity contribution in [1.29, 1.82) is 0 Å². The molecule has 0 radical (unpaired) electrons. The fourth-order valence-corrected chi connectivity index (χ4v) is 13.6. The number of hydrogen-bond acceptors (Lipinski definition) is 4. The summed E-state index contributed by atoms with van der Waals surface area (Å²) in [5.74, 6) is 1.54. The highest BCUT2D eigenvalue weighted by molar-refractivity contribution is 6.19. The summed E-state index contributed by atoms with van der Waals surface area (Å²) in [6, 6.07) is 72.4. The Morgan fingerprint density at radius 3 is 1.96 bits per heavy atom. The molecule has 7 nitrogen and oxygen atoms in total. The molecule has 0 bridgehead atoms. The first-order chi connectivity index (χ1) is 40.2. The van der Waals surface area contributed by atoms with Crippen molar-refractivity contribution in [3.05, 3.63) is 241 Å². The number of nitrogens with zero attached hydrogens (tertiary/aromatic N) is 4. The molecule has 7 heterocycles. The van der Waals surface area contributed by atoms with Gasteiger partial charge >= 0.3 is 0 Å². The normalized spacial score (nSPS) is 12.5. The molecule has 0 unspecified atom stereocenters. The molecular weight excluding hydrogens is 1000 g/mol. The summed E-state index contributed by atoms with van der Waals surface area (Å²) in [6.45, 7) is 12.8. The van der Waals surface area contributed by atoms with Crippen LogP contribution in [0.3, 0.4) is 0 Å². The summed E-state index contributed by atoms with van der Waals surface area (Å²) in [6.07, 6.45) is 5.94. The summed E-state index contributed by atoms with van der Waals surface area (Å²) < 4.78 is 26.7. The molecule has 82 heavy (non-hydrogen) atoms. The molecule has 0 aliphatic heterocycles. The molecule has 0 aliphatic rings. The standard InChI is InChI=1S/C75H50N4O3/c1-6-68-60(59-35-43(3)23-30-70(59)80-68)37-45(5)77-63-19-11-8-16-54(63)73-49(17-13-20-66(73)77)47-24-27-52-61-40-48(26-31-71(61)81-72(52)39-47)78-64-28-22-42(2)34-56(64)58-38-46(25-29-65(58)78)55-41-67-57(36-44(55)4)50-14-7-10-18-62(50)79(67)75-74-53(32-33-76-75)51-15-9-12-21-69(51)82-74/h6-41H,1H2,2-5H3/b45-37+. The Kier molecular flexibility index (Phi) is 9.70. The van der Waals surface area contributed by atoms with E-state index >= 15 is 0 Å². The van der Waals surface area contributed by atoms with Gasteiger partial charge < -0.3 is 22.4 Å². The molecule has 10 aromatic carbocycles. The molecule has 0 aliphatic carbocycles. The summed E-state index contributed by atoms with van der Waals surface area (Å²) in [4.78, 5) is 5.03. The molecule has 0 atom stereocenters. The monoisotopic (exact) mass is 1050 g/mol. The van der Waals surface area contributed by atoms with Gasteiger partial charge in [-0.2, -0.15) is 0 Å². The summed E-state index contributed by atoms with van der Waals surface area (Å²) >= 11 is 0. The van der Waals surface area contributed by atoms with Gasteiger partial charge in [-0.05, 0) is 177 Å². The SMILES string of the molecule is C=Cc1oc2ccc(C)cc2c1/C=C(\C)n1c2ccccc2c2c(-c3ccc4c(c3)oc3ccc(-n5c6ccc(C)cc6c6cc(-c7cc8c(cc7C)c7ccccc7n8-c7nccc8c7oc7ccccc78)ccc65)cc34)cccc21. The Morgan fingerprint density at radius 2 is 1.10 bits per heavy atom. The van der Waals surface area contributed by atoms with E-state index in [1.807, 2.05) is 30.5 Å². The molecule has 0 saturated heterocycles. The molecule has 0 fully saturated rings. The lowest BCUT2D eigenvalue weighted by molar-refractivity contribution is 0.603. The predicted molar refractivity (Wildman–Crippen MR) is 342 cm³/mol. The minimum Gasteiger partial charge on any atom is -0.456 e. The molecule has 0 spiro atoms. The topological polar surface area (TPSA) is 67.1 Å². The number of rotatable bonds is 7. The molecule has 7 heteroatoms. The van der Waals surface area contributed by atoms with Gasteiger partial charge in [-0.3, -0.25) is 4.57 Å². The zero-order valence-corrected chi connectivity index (χ0v) is 45.5. The van der Waals surface area contributed by atoms with Crippen molar-refractivity contribution in [1.82, 2.24) is 18.7 Å². The number of allylic oxidation sites excluding steroid dienone is 1. The zero-order chi connectivity index (χ0) is 54.6. The van der Waals surface area contributed by atoms with Crippen molar-refractivity contribution in [3.63, 3.8) is 0 Å². The minimum atomic E-state index is 0.765. The smallest absolute Gasteiger partial charge is 0.181 e. The summed E-state index contributed by atoms with van der Waals surface area (Å²) in [5.41, 5.74) is 22.2. The van der Waals surface area contributed by atoms with Gasteiger partial charge in [-0.1, -0.05) is 109 Å². The molecule has 0 N–H and O–H groups in total. The quantitative estimate of drug-likeness (QED) is 0.159. The fraction of sp³-hybridized carbons (Fsp3) is 0.0533. The third-order valence-corrected chi connectivity index (χ3v) is 17.3. The molecule has 0 saturated carbocycles. The van der Waals surface area contributed by atoms with Gasteiger partial charge in [0.25, 0.3) is 0 Å². The molecular formula is C75H50N4O3. The van der Waals surface area contributed by atoms with Gasteiger partial charge in [-0.15, -0.1) is 0 Å². The highest BCUT2D eigenvalue weighted by Gasteiger charge is 2.23. The van der Waals surface area contributed by atoms with E-state index in [-0.39, 0.29) is 0 Å². The Labute approximate surface area is 470 Å². The molecule has 0 amide bonds. The Bertz CT molecular complexity index is 5670. The van der Waals surface area contributed by atoms with Crippen LogP contribution in [0.1, 0.15) is 34.9 Å². The average Bonchev–Trinajstić information content (AvgIpc) is 4.00. The second kappa shape index (κ2) is 17.2. The zero-order valence-electron chi connectivity index (χ0n) is 45.5. The first kappa shape index (κ1) is 46.3. The van der Waals surface area contributed by atoms with Crippen molar-refractivity contribution in [2.24, 2.45) is 0 Å². The highest BCUT2D eigenvalue weighted by Crippen LogP contribution is 2.45. The largest absolute Gasteiger partial charge is 0.456 e. The van der Waals surface area contributed by atoms with Gasteiger partial charge in [0, 0.05) is 82.4 Å². The van der Waals surface area contributed by atoms with Crippen LogP contribution in [0.4, 0.5) is 0 Å². The van der Waals surface area contributed by atoms with Crippen molar-refractivity contribution in [2.75, 3.05) is 0 Å². The molecule has 17 aromatic rings. The predicted octanol–water partition coefficient (Wildman–Crippen LogP) is 20.8. The molecule has 7 aromatic heterocycles. The van der Waals surface area contributed by atoms with E-state index in [4.69, 9.17) is 18.2 Å². The van der Waals surface area contributed by atoms with Crippen LogP contribution in [0.15, 0.2) is 226 Å². The van der Waals surface area contributed by atoms with E-state index < -0.39 is 0 Å². The maximum atomic E-state index is 6.79. The lowest BCUT2D eigenvalue weighted by atomic mass is 9.96. The van der Waals surface area contributed by atoms with Gasteiger partial charge in [0.2, 0.25) is 0 Å². The lowest BCUT2D eigenvalue weighted by Crippen LogP contribution is -1.98. The number of benzene rings is 10. The fourth-order valence-electron chi connectivity index (χ4n) is 13.6. The van der Waals surface area contributed by atoms with E-state index in [0.717, 1.165) is 133 Å². The number of pyridine rings is 1. The van der Waals surface area contributed by atoms with E-state index in [0.29, 0.717) is 0 Å². The van der Waals surface area contributed by atoms with Crippen molar-refractivity contribution >= 4 is 138 Å². The second-order valence-corrected chi connectivity index (χ2v) is 22.1. The Hall–Kier alpha value is -10.6. The van der Waals surface area contributed by atoms with Crippen LogP contribution in [0.25, 0.3) is 172 Å². The summed E-state index contributed by atoms with van der Waals surface area (Å²) in [7, 11) is 0. The van der Waals surface area contributed by atoms with Crippen LogP contribution in [0, 0.1) is 20.8 Å². The Morgan fingerprint density at radius 1 is 0.439 bits per heavy atom. The summed E-state index contributed by atoms with van der Waals surface area (Å²) in [5, 5.41) is 12.5. The van der Waals surface area contributed by atoms with Crippen LogP contribution in [0.2, 0.25) is 0 Å². The van der Waals surface area contributed by atoms with Crippen LogP contribution in [-0.4, -0.2) is 18.7 Å². The number of fused-ring (bicyclic) bond motifs is 16. The maximum Gasteiger partial charge on any atom is 0.181 e. The molecule has 17 rings (SSSR count). The Balaban J connectivity index is 0.781. The van der Waals surface area contributed by atoms with E-state index in [9.17, 15) is 0 Å². The average molecular weight is 1060 g/mol. The van der Waals surface area contributed by atoms with Gasteiger partial charge in [0.05, 0.1) is 33.1 Å². The van der Waals surface area contributed by atoms with E-state index in [2.05, 4.69) is 236 Å². The van der Waals surface area contributed by atoms with Crippen LogP contribution < -0.4 is 0 Å².